The van der Waals surface area contributed by atoms with Crippen molar-refractivity contribution in [2.24, 2.45) is 0 Å². The maximum atomic E-state index is 11.8. The van der Waals surface area contributed by atoms with Crippen LogP contribution >= 0.6 is 0 Å². The maximum Gasteiger partial charge on any atom is 0.161 e. The lowest BCUT2D eigenvalue weighted by molar-refractivity contribution is 0.551. The average molecular weight is 188 g/mol. The molecule has 0 aliphatic heterocycles. The van der Waals surface area contributed by atoms with Crippen LogP contribution in [0.15, 0.2) is 12.2 Å². The Morgan fingerprint density at radius 2 is 1.92 bits per heavy atom. The highest BCUT2D eigenvalue weighted by Crippen LogP contribution is 2.27. The minimum Gasteiger partial charge on any atom is -0.228 e. The summed E-state index contributed by atoms with van der Waals surface area (Å²) in [7, 11) is -2.96. The Morgan fingerprint density at radius 3 is 2.25 bits per heavy atom. The topological polar surface area (TPSA) is 34.1 Å². The molecule has 0 fully saturated rings. The maximum absolute atomic E-state index is 11.8. The highest BCUT2D eigenvalue weighted by Gasteiger charge is 2.36. The summed E-state index contributed by atoms with van der Waals surface area (Å²) in [6.45, 7) is 5.28. The molecule has 1 aliphatic carbocycles. The summed E-state index contributed by atoms with van der Waals surface area (Å²) in [5.41, 5.74) is 0. The Bertz CT molecular complexity index is 280. The number of rotatable bonds is 1. The van der Waals surface area contributed by atoms with Gasteiger partial charge in [-0.2, -0.15) is 0 Å². The van der Waals surface area contributed by atoms with E-state index in [-0.39, 0.29) is 5.25 Å². The third-order valence-electron chi connectivity index (χ3n) is 2.22. The van der Waals surface area contributed by atoms with Gasteiger partial charge in [-0.25, -0.2) is 8.42 Å². The summed E-state index contributed by atoms with van der Waals surface area (Å²) in [5.74, 6) is 0. The Balaban J connectivity index is 2.94. The standard InChI is InChI=1S/C9H16O2S/c1-9(2,3)12(10,11)8-6-4-5-7-8/h4,6,8H,5,7H2,1-3H3/t8-/m0/s1. The molecule has 3 heteroatoms. The second-order valence-electron chi connectivity index (χ2n) is 4.20. The van der Waals surface area contributed by atoms with Gasteiger partial charge in [-0.1, -0.05) is 12.2 Å². The van der Waals surface area contributed by atoms with Gasteiger partial charge < -0.3 is 0 Å². The number of sulfone groups is 1. The Labute approximate surface area is 74.6 Å². The van der Waals surface area contributed by atoms with Crippen LogP contribution in [0.2, 0.25) is 0 Å². The van der Waals surface area contributed by atoms with E-state index in [2.05, 4.69) is 0 Å². The molecule has 0 spiro atoms. The number of hydrogen-bond donors (Lipinski definition) is 0. The SMILES string of the molecule is CC(C)(C)S(=O)(=O)[C@H]1C=CCC1. The van der Waals surface area contributed by atoms with E-state index in [4.69, 9.17) is 0 Å². The van der Waals surface area contributed by atoms with E-state index < -0.39 is 14.6 Å². The molecule has 1 aliphatic rings. The normalized spacial score (nSPS) is 24.8. The second kappa shape index (κ2) is 2.87. The molecule has 0 saturated heterocycles. The molecule has 2 nitrogen and oxygen atoms in total. The van der Waals surface area contributed by atoms with Crippen molar-refractivity contribution in [3.05, 3.63) is 12.2 Å². The molecule has 0 saturated carbocycles. The van der Waals surface area contributed by atoms with Crippen molar-refractivity contribution < 1.29 is 8.42 Å². The highest BCUT2D eigenvalue weighted by atomic mass is 32.2. The quantitative estimate of drug-likeness (QED) is 0.589. The summed E-state index contributed by atoms with van der Waals surface area (Å²) >= 11 is 0. The lowest BCUT2D eigenvalue weighted by atomic mass is 10.3. The van der Waals surface area contributed by atoms with Crippen molar-refractivity contribution in [2.75, 3.05) is 0 Å². The summed E-state index contributed by atoms with van der Waals surface area (Å²) < 4.78 is 23.0. The van der Waals surface area contributed by atoms with E-state index in [0.29, 0.717) is 0 Å². The van der Waals surface area contributed by atoms with Crippen LogP contribution in [0.4, 0.5) is 0 Å². The fraction of sp³-hybridized carbons (Fsp3) is 0.778. The van der Waals surface area contributed by atoms with E-state index in [1.807, 2.05) is 12.2 Å². The highest BCUT2D eigenvalue weighted by molar-refractivity contribution is 7.93. The van der Waals surface area contributed by atoms with Gasteiger partial charge in [0, 0.05) is 0 Å². The van der Waals surface area contributed by atoms with Crippen LogP contribution in [-0.4, -0.2) is 18.4 Å². The van der Waals surface area contributed by atoms with Gasteiger partial charge in [0.05, 0.1) is 10.00 Å². The summed E-state index contributed by atoms with van der Waals surface area (Å²) in [4.78, 5) is 0. The van der Waals surface area contributed by atoms with E-state index in [0.717, 1.165) is 12.8 Å². The smallest absolute Gasteiger partial charge is 0.161 e. The predicted octanol–water partition coefficient (Wildman–Crippen LogP) is 1.92. The van der Waals surface area contributed by atoms with Crippen molar-refractivity contribution in [1.82, 2.24) is 0 Å². The lowest BCUT2D eigenvalue weighted by Crippen LogP contribution is -2.35. The van der Waals surface area contributed by atoms with E-state index >= 15 is 0 Å². The Morgan fingerprint density at radius 1 is 1.33 bits per heavy atom. The molecule has 0 amide bonds. The van der Waals surface area contributed by atoms with Crippen molar-refractivity contribution >= 4 is 9.84 Å². The molecule has 0 heterocycles. The van der Waals surface area contributed by atoms with Crippen LogP contribution in [0.5, 0.6) is 0 Å². The van der Waals surface area contributed by atoms with Gasteiger partial charge in [0.15, 0.2) is 9.84 Å². The minimum absolute atomic E-state index is 0.238. The van der Waals surface area contributed by atoms with Crippen molar-refractivity contribution in [3.63, 3.8) is 0 Å². The Kier molecular flexibility index (Phi) is 2.34. The largest absolute Gasteiger partial charge is 0.228 e. The molecule has 1 rings (SSSR count). The average Bonchev–Trinajstić information content (AvgIpc) is 2.34. The first-order chi connectivity index (χ1) is 5.36. The first kappa shape index (κ1) is 9.78. The van der Waals surface area contributed by atoms with Gasteiger partial charge >= 0.3 is 0 Å². The van der Waals surface area contributed by atoms with E-state index in [9.17, 15) is 8.42 Å². The predicted molar refractivity (Wildman–Crippen MR) is 50.8 cm³/mol. The molecule has 12 heavy (non-hydrogen) atoms. The molecule has 0 radical (unpaired) electrons. The summed E-state index contributed by atoms with van der Waals surface area (Å²) in [6.07, 6.45) is 5.44. The fourth-order valence-electron chi connectivity index (χ4n) is 1.32. The third-order valence-corrected chi connectivity index (χ3v) is 5.12. The van der Waals surface area contributed by atoms with Crippen LogP contribution in [0, 0.1) is 0 Å². The molecular formula is C9H16O2S. The number of hydrogen-bond acceptors (Lipinski definition) is 2. The molecular weight excluding hydrogens is 172 g/mol. The fourth-order valence-corrected chi connectivity index (χ4v) is 2.99. The molecule has 0 bridgehead atoms. The van der Waals surface area contributed by atoms with Crippen molar-refractivity contribution in [2.45, 2.75) is 43.6 Å². The van der Waals surface area contributed by atoms with Gasteiger partial charge in [0.1, 0.15) is 0 Å². The van der Waals surface area contributed by atoms with Crippen molar-refractivity contribution in [3.8, 4) is 0 Å². The number of allylic oxidation sites excluding steroid dienone is 1. The summed E-state index contributed by atoms with van der Waals surface area (Å²) in [5, 5.41) is -0.238. The van der Waals surface area contributed by atoms with Gasteiger partial charge in [-0.3, -0.25) is 0 Å². The second-order valence-corrected chi connectivity index (χ2v) is 7.12. The van der Waals surface area contributed by atoms with Gasteiger partial charge in [-0.15, -0.1) is 0 Å². The molecule has 0 aromatic rings. The van der Waals surface area contributed by atoms with Crippen LogP contribution in [0.1, 0.15) is 33.6 Å². The molecule has 1 atom stereocenters. The first-order valence-corrected chi connectivity index (χ1v) is 5.80. The molecule has 70 valence electrons. The van der Waals surface area contributed by atoms with Crippen LogP contribution in [0.25, 0.3) is 0 Å². The summed E-state index contributed by atoms with van der Waals surface area (Å²) in [6, 6.07) is 0. The molecule has 0 N–H and O–H groups in total. The molecule has 0 unspecified atom stereocenters. The zero-order valence-corrected chi connectivity index (χ0v) is 8.69. The zero-order chi connectivity index (χ0) is 9.41. The zero-order valence-electron chi connectivity index (χ0n) is 7.87. The van der Waals surface area contributed by atoms with E-state index in [1.165, 1.54) is 0 Å². The molecule has 0 aromatic heterocycles. The van der Waals surface area contributed by atoms with E-state index in [1.54, 1.807) is 20.8 Å². The minimum atomic E-state index is -2.96. The molecule has 0 aromatic carbocycles. The van der Waals surface area contributed by atoms with Crippen LogP contribution < -0.4 is 0 Å². The Hall–Kier alpha value is -0.310. The first-order valence-electron chi connectivity index (χ1n) is 4.26. The van der Waals surface area contributed by atoms with Crippen LogP contribution in [-0.2, 0) is 9.84 Å². The monoisotopic (exact) mass is 188 g/mol. The van der Waals surface area contributed by atoms with Crippen LogP contribution in [0.3, 0.4) is 0 Å². The van der Waals surface area contributed by atoms with Gasteiger partial charge in [0.25, 0.3) is 0 Å². The van der Waals surface area contributed by atoms with Gasteiger partial charge in [0.2, 0.25) is 0 Å². The third kappa shape index (κ3) is 1.56. The lowest BCUT2D eigenvalue weighted by Gasteiger charge is -2.22. The van der Waals surface area contributed by atoms with Crippen molar-refractivity contribution in [1.29, 1.82) is 0 Å². The van der Waals surface area contributed by atoms with Gasteiger partial charge in [-0.05, 0) is 33.6 Å².